The lowest BCUT2D eigenvalue weighted by Gasteiger charge is -2.32. The predicted molar refractivity (Wildman–Crippen MR) is 93.0 cm³/mol. The first-order valence-corrected chi connectivity index (χ1v) is 8.71. The Morgan fingerprint density at radius 3 is 2.83 bits per heavy atom. The van der Waals surface area contributed by atoms with Gasteiger partial charge in [-0.2, -0.15) is 0 Å². The van der Waals surface area contributed by atoms with Crippen molar-refractivity contribution in [1.29, 1.82) is 0 Å². The van der Waals surface area contributed by atoms with Crippen molar-refractivity contribution in [2.75, 3.05) is 11.9 Å². The smallest absolute Gasteiger partial charge is 0.251 e. The van der Waals surface area contributed by atoms with Crippen molar-refractivity contribution < 1.29 is 9.59 Å². The number of rotatable bonds is 4. The fourth-order valence-corrected chi connectivity index (χ4v) is 3.74. The molecule has 3 rings (SSSR count). The van der Waals surface area contributed by atoms with Gasteiger partial charge in [0.25, 0.3) is 5.91 Å². The van der Waals surface area contributed by atoms with E-state index >= 15 is 0 Å². The van der Waals surface area contributed by atoms with E-state index in [2.05, 4.69) is 26.7 Å². The van der Waals surface area contributed by atoms with E-state index in [1.54, 1.807) is 11.4 Å². The molecule has 2 aromatic rings. The molecule has 1 unspecified atom stereocenters. The third-order valence-corrected chi connectivity index (χ3v) is 5.42. The number of carbonyl (C=O) groups is 2. The quantitative estimate of drug-likeness (QED) is 0.876. The minimum Gasteiger partial charge on any atom is -0.366 e. The van der Waals surface area contributed by atoms with Crippen LogP contribution in [0, 0.1) is 13.8 Å². The van der Waals surface area contributed by atoms with Crippen molar-refractivity contribution in [2.24, 2.45) is 5.73 Å². The van der Waals surface area contributed by atoms with E-state index in [0.717, 1.165) is 24.6 Å². The number of aromatic nitrogens is 2. The number of hydrogen-bond donors (Lipinski definition) is 2. The van der Waals surface area contributed by atoms with Gasteiger partial charge in [0.15, 0.2) is 0 Å². The topological polar surface area (TPSA) is 93.2 Å². The molecule has 2 aromatic heterocycles. The van der Waals surface area contributed by atoms with Gasteiger partial charge in [-0.3, -0.25) is 14.5 Å². The largest absolute Gasteiger partial charge is 0.366 e. The summed E-state index contributed by atoms with van der Waals surface area (Å²) in [4.78, 5) is 30.6. The molecule has 0 fully saturated rings. The van der Waals surface area contributed by atoms with Crippen LogP contribution in [0.25, 0.3) is 0 Å². The molecule has 1 atom stereocenters. The van der Waals surface area contributed by atoms with Crippen molar-refractivity contribution in [3.05, 3.63) is 34.2 Å². The number of carbonyl (C=O) groups excluding carboxylic acids is 2. The van der Waals surface area contributed by atoms with Crippen LogP contribution in [0.3, 0.4) is 0 Å². The minimum atomic E-state index is -0.537. The average Bonchev–Trinajstić information content (AvgIpc) is 3.11. The van der Waals surface area contributed by atoms with E-state index in [4.69, 9.17) is 5.73 Å². The van der Waals surface area contributed by atoms with Crippen molar-refractivity contribution in [3.8, 4) is 0 Å². The molecule has 3 heterocycles. The van der Waals surface area contributed by atoms with Crippen molar-refractivity contribution >= 4 is 28.2 Å². The van der Waals surface area contributed by atoms with Gasteiger partial charge in [0.1, 0.15) is 10.8 Å². The number of hydrogen-bond acceptors (Lipinski definition) is 5. The maximum atomic E-state index is 12.5. The van der Waals surface area contributed by atoms with Gasteiger partial charge in [0, 0.05) is 18.8 Å². The number of imidazole rings is 1. The molecule has 2 amide bonds. The minimum absolute atomic E-state index is 0.145. The summed E-state index contributed by atoms with van der Waals surface area (Å²) in [7, 11) is 0. The Balaban J connectivity index is 1.70. The molecule has 0 saturated carbocycles. The molecular weight excluding hydrogens is 326 g/mol. The van der Waals surface area contributed by atoms with E-state index in [-0.39, 0.29) is 11.9 Å². The molecule has 0 aromatic carbocycles. The van der Waals surface area contributed by atoms with Crippen LogP contribution in [0.5, 0.6) is 0 Å². The summed E-state index contributed by atoms with van der Waals surface area (Å²) >= 11 is 1.30. The SMILES string of the molecule is Cc1nc2n(c1C)CCN(C(C)C(=O)Nc1sccc1C(N)=O)C2. The van der Waals surface area contributed by atoms with Gasteiger partial charge in [-0.1, -0.05) is 0 Å². The lowest BCUT2D eigenvalue weighted by molar-refractivity contribution is -0.121. The van der Waals surface area contributed by atoms with E-state index in [1.807, 2.05) is 13.8 Å². The highest BCUT2D eigenvalue weighted by Gasteiger charge is 2.28. The van der Waals surface area contributed by atoms with Gasteiger partial charge in [-0.25, -0.2) is 4.98 Å². The van der Waals surface area contributed by atoms with Gasteiger partial charge < -0.3 is 15.6 Å². The molecule has 0 saturated heterocycles. The lowest BCUT2D eigenvalue weighted by atomic mass is 10.2. The Labute approximate surface area is 144 Å². The molecule has 128 valence electrons. The number of primary amides is 1. The van der Waals surface area contributed by atoms with Crippen LogP contribution in [-0.4, -0.2) is 38.9 Å². The maximum absolute atomic E-state index is 12.5. The second-order valence-electron chi connectivity index (χ2n) is 6.01. The summed E-state index contributed by atoms with van der Waals surface area (Å²) in [6, 6.07) is 1.30. The second kappa shape index (κ2) is 6.37. The first-order chi connectivity index (χ1) is 11.4. The van der Waals surface area contributed by atoms with Gasteiger partial charge >= 0.3 is 0 Å². The number of aryl methyl sites for hydroxylation is 1. The average molecular weight is 347 g/mol. The van der Waals surface area contributed by atoms with Crippen molar-refractivity contribution in [2.45, 2.75) is 39.9 Å². The van der Waals surface area contributed by atoms with E-state index in [9.17, 15) is 9.59 Å². The molecule has 1 aliphatic heterocycles. The highest BCUT2D eigenvalue weighted by Crippen LogP contribution is 2.24. The number of thiophene rings is 1. The monoisotopic (exact) mass is 347 g/mol. The summed E-state index contributed by atoms with van der Waals surface area (Å²) in [6.07, 6.45) is 0. The number of nitrogens with zero attached hydrogens (tertiary/aromatic N) is 3. The van der Waals surface area contributed by atoms with Crippen LogP contribution in [0.2, 0.25) is 0 Å². The number of amides is 2. The Morgan fingerprint density at radius 2 is 2.12 bits per heavy atom. The number of fused-ring (bicyclic) bond motifs is 1. The van der Waals surface area contributed by atoms with Gasteiger partial charge in [-0.05, 0) is 32.2 Å². The zero-order valence-corrected chi connectivity index (χ0v) is 14.8. The van der Waals surface area contributed by atoms with Gasteiger partial charge in [0.2, 0.25) is 5.91 Å². The molecule has 24 heavy (non-hydrogen) atoms. The van der Waals surface area contributed by atoms with Crippen LogP contribution in [0.4, 0.5) is 5.00 Å². The summed E-state index contributed by atoms with van der Waals surface area (Å²) < 4.78 is 2.21. The normalized spacial score (nSPS) is 15.8. The summed E-state index contributed by atoms with van der Waals surface area (Å²) in [6.45, 7) is 8.18. The summed E-state index contributed by atoms with van der Waals surface area (Å²) in [5, 5.41) is 5.06. The van der Waals surface area contributed by atoms with E-state index < -0.39 is 5.91 Å². The standard InChI is InChI=1S/C16H21N5O2S/c1-9-10(2)21-6-5-20(8-13(21)18-9)11(3)15(23)19-16-12(14(17)22)4-7-24-16/h4,7,11H,5-6,8H2,1-3H3,(H2,17,22)(H,19,23). The summed E-state index contributed by atoms with van der Waals surface area (Å²) in [5.74, 6) is 0.309. The van der Waals surface area contributed by atoms with Gasteiger partial charge in [-0.15, -0.1) is 11.3 Å². The van der Waals surface area contributed by atoms with Crippen LogP contribution < -0.4 is 11.1 Å². The molecule has 0 spiro atoms. The third kappa shape index (κ3) is 2.94. The van der Waals surface area contributed by atoms with Crippen molar-refractivity contribution in [1.82, 2.24) is 14.5 Å². The predicted octanol–water partition coefficient (Wildman–Crippen LogP) is 1.50. The molecule has 1 aliphatic rings. The van der Waals surface area contributed by atoms with Crippen LogP contribution in [0.15, 0.2) is 11.4 Å². The Morgan fingerprint density at radius 1 is 1.38 bits per heavy atom. The Bertz CT molecular complexity index is 794. The first kappa shape index (κ1) is 16.7. The van der Waals surface area contributed by atoms with E-state index in [0.29, 0.717) is 17.1 Å². The summed E-state index contributed by atoms with van der Waals surface area (Å²) in [5.41, 5.74) is 7.89. The second-order valence-corrected chi connectivity index (χ2v) is 6.93. The number of anilines is 1. The zero-order chi connectivity index (χ0) is 17.4. The van der Waals surface area contributed by atoms with Crippen molar-refractivity contribution in [3.63, 3.8) is 0 Å². The Kier molecular flexibility index (Phi) is 4.42. The number of nitrogens with two attached hydrogens (primary N) is 1. The highest BCUT2D eigenvalue weighted by molar-refractivity contribution is 7.14. The fraction of sp³-hybridized carbons (Fsp3) is 0.438. The molecule has 0 radical (unpaired) electrons. The van der Waals surface area contributed by atoms with Crippen LogP contribution in [0.1, 0.15) is 34.5 Å². The molecular formula is C16H21N5O2S. The fourth-order valence-electron chi connectivity index (χ4n) is 2.94. The molecule has 8 heteroatoms. The van der Waals surface area contributed by atoms with Crippen LogP contribution in [-0.2, 0) is 17.9 Å². The zero-order valence-electron chi connectivity index (χ0n) is 14.0. The molecule has 7 nitrogen and oxygen atoms in total. The van der Waals surface area contributed by atoms with E-state index in [1.165, 1.54) is 17.0 Å². The third-order valence-electron chi connectivity index (χ3n) is 4.59. The lowest BCUT2D eigenvalue weighted by Crippen LogP contribution is -2.46. The molecule has 0 bridgehead atoms. The van der Waals surface area contributed by atoms with Crippen LogP contribution >= 0.6 is 11.3 Å². The Hall–Kier alpha value is -2.19. The molecule has 3 N–H and O–H groups in total. The highest BCUT2D eigenvalue weighted by atomic mass is 32.1. The maximum Gasteiger partial charge on any atom is 0.251 e. The van der Waals surface area contributed by atoms with Gasteiger partial charge in [0.05, 0.1) is 23.8 Å². The number of nitrogens with one attached hydrogen (secondary N) is 1. The molecule has 0 aliphatic carbocycles. The first-order valence-electron chi connectivity index (χ1n) is 7.83.